The number of aliphatic hydroxyl groups is 1. The minimum Gasteiger partial charge on any atom is -0.393 e. The van der Waals surface area contributed by atoms with Gasteiger partial charge in [0, 0.05) is 24.7 Å². The average molecular weight is 292 g/mol. The summed E-state index contributed by atoms with van der Waals surface area (Å²) in [5.41, 5.74) is 1.69. The summed E-state index contributed by atoms with van der Waals surface area (Å²) in [6, 6.07) is 6.57. The summed E-state index contributed by atoms with van der Waals surface area (Å²) in [4.78, 5) is 2.21. The number of nitrogens with one attached hydrogen (secondary N) is 1. The second kappa shape index (κ2) is 5.93. The normalized spacial score (nSPS) is 28.4. The van der Waals surface area contributed by atoms with Crippen LogP contribution in [-0.4, -0.2) is 29.3 Å². The number of benzene rings is 1. The van der Waals surface area contributed by atoms with Gasteiger partial charge in [-0.2, -0.15) is 0 Å². The maximum Gasteiger partial charge on any atom is 0.146 e. The van der Waals surface area contributed by atoms with Crippen molar-refractivity contribution in [3.63, 3.8) is 0 Å². The molecule has 0 spiro atoms. The highest BCUT2D eigenvalue weighted by molar-refractivity contribution is 5.53. The third-order valence-electron chi connectivity index (χ3n) is 4.71. The molecule has 2 aliphatic heterocycles. The molecule has 0 amide bonds. The Bertz CT molecular complexity index is 492. The molecule has 2 heterocycles. The van der Waals surface area contributed by atoms with E-state index < -0.39 is 0 Å². The lowest BCUT2D eigenvalue weighted by atomic mass is 9.98. The number of rotatable bonds is 4. The summed E-state index contributed by atoms with van der Waals surface area (Å²) in [5, 5.41) is 13.2. The predicted molar refractivity (Wildman–Crippen MR) is 82.9 cm³/mol. The quantitative estimate of drug-likeness (QED) is 0.896. The lowest BCUT2D eigenvalue weighted by molar-refractivity contribution is 0.126. The van der Waals surface area contributed by atoms with Crippen LogP contribution in [-0.2, 0) is 6.54 Å². The molecule has 2 fully saturated rings. The molecular formula is C17H25FN2O. The Kier molecular flexibility index (Phi) is 4.18. The Morgan fingerprint density at radius 2 is 1.95 bits per heavy atom. The van der Waals surface area contributed by atoms with Gasteiger partial charge in [-0.1, -0.05) is 19.9 Å². The van der Waals surface area contributed by atoms with Crippen LogP contribution < -0.4 is 10.2 Å². The second-order valence-electron chi connectivity index (χ2n) is 6.74. The summed E-state index contributed by atoms with van der Waals surface area (Å²) in [6.45, 7) is 4.86. The standard InChI is InChI=1S/C17H25FN2O/c1-11(2)19-10-12-3-6-17(16(18)7-12)20-13-4-5-14(20)9-15(21)8-13/h3,6-7,11,13-15,19,21H,4-5,8-10H2,1-2H3. The van der Waals surface area contributed by atoms with Gasteiger partial charge in [-0.3, -0.25) is 0 Å². The minimum atomic E-state index is -0.212. The average Bonchev–Trinajstić information content (AvgIpc) is 2.68. The highest BCUT2D eigenvalue weighted by atomic mass is 19.1. The van der Waals surface area contributed by atoms with Gasteiger partial charge < -0.3 is 15.3 Å². The van der Waals surface area contributed by atoms with Crippen LogP contribution in [0.2, 0.25) is 0 Å². The van der Waals surface area contributed by atoms with Crippen molar-refractivity contribution in [2.45, 2.75) is 70.3 Å². The van der Waals surface area contributed by atoms with Crippen LogP contribution in [0.5, 0.6) is 0 Å². The zero-order valence-corrected chi connectivity index (χ0v) is 12.8. The zero-order valence-electron chi connectivity index (χ0n) is 12.8. The Morgan fingerprint density at radius 3 is 2.52 bits per heavy atom. The van der Waals surface area contributed by atoms with Crippen molar-refractivity contribution in [2.24, 2.45) is 0 Å². The number of hydrogen-bond donors (Lipinski definition) is 2. The Balaban J connectivity index is 1.77. The molecular weight excluding hydrogens is 267 g/mol. The van der Waals surface area contributed by atoms with Crippen molar-refractivity contribution in [3.05, 3.63) is 29.6 Å². The molecule has 2 bridgehead atoms. The molecule has 2 aliphatic rings. The van der Waals surface area contributed by atoms with Gasteiger partial charge in [0.05, 0.1) is 11.8 Å². The van der Waals surface area contributed by atoms with E-state index in [1.807, 2.05) is 12.1 Å². The van der Waals surface area contributed by atoms with Gasteiger partial charge in [0.25, 0.3) is 0 Å². The predicted octanol–water partition coefficient (Wildman–Crippen LogP) is 2.82. The number of hydrogen-bond acceptors (Lipinski definition) is 3. The van der Waals surface area contributed by atoms with E-state index in [1.165, 1.54) is 0 Å². The second-order valence-corrected chi connectivity index (χ2v) is 6.74. The van der Waals surface area contributed by atoms with Crippen molar-refractivity contribution in [3.8, 4) is 0 Å². The van der Waals surface area contributed by atoms with Crippen molar-refractivity contribution >= 4 is 5.69 Å². The highest BCUT2D eigenvalue weighted by Crippen LogP contribution is 2.40. The van der Waals surface area contributed by atoms with Crippen LogP contribution in [0.3, 0.4) is 0 Å². The number of aliphatic hydroxyl groups excluding tert-OH is 1. The maximum absolute atomic E-state index is 14.5. The van der Waals surface area contributed by atoms with Crippen LogP contribution in [0.15, 0.2) is 18.2 Å². The molecule has 1 aromatic rings. The molecule has 1 aromatic carbocycles. The molecule has 3 rings (SSSR count). The first-order valence-corrected chi connectivity index (χ1v) is 8.03. The van der Waals surface area contributed by atoms with Crippen LogP contribution in [0.4, 0.5) is 10.1 Å². The van der Waals surface area contributed by atoms with Crippen LogP contribution in [0.25, 0.3) is 0 Å². The largest absolute Gasteiger partial charge is 0.393 e. The summed E-state index contributed by atoms with van der Waals surface area (Å²) in [6.07, 6.45) is 3.46. The molecule has 21 heavy (non-hydrogen) atoms. The fraction of sp³-hybridized carbons (Fsp3) is 0.647. The Labute approximate surface area is 126 Å². The van der Waals surface area contributed by atoms with E-state index in [9.17, 15) is 9.50 Å². The van der Waals surface area contributed by atoms with Crippen molar-refractivity contribution < 1.29 is 9.50 Å². The number of nitrogens with zero attached hydrogens (tertiary/aromatic N) is 1. The molecule has 0 aliphatic carbocycles. The smallest absolute Gasteiger partial charge is 0.146 e. The summed E-state index contributed by atoms with van der Waals surface area (Å²) in [5.74, 6) is -0.133. The molecule has 2 saturated heterocycles. The lowest BCUT2D eigenvalue weighted by Crippen LogP contribution is -2.45. The summed E-state index contributed by atoms with van der Waals surface area (Å²) >= 11 is 0. The van der Waals surface area contributed by atoms with E-state index in [-0.39, 0.29) is 11.9 Å². The van der Waals surface area contributed by atoms with Crippen molar-refractivity contribution in [2.75, 3.05) is 4.90 Å². The van der Waals surface area contributed by atoms with Gasteiger partial charge in [0.1, 0.15) is 5.82 Å². The number of halogens is 1. The topological polar surface area (TPSA) is 35.5 Å². The SMILES string of the molecule is CC(C)NCc1ccc(N2C3CCC2CC(O)C3)c(F)c1. The first-order chi connectivity index (χ1) is 10.0. The third-order valence-corrected chi connectivity index (χ3v) is 4.71. The van der Waals surface area contributed by atoms with E-state index in [0.717, 1.165) is 31.2 Å². The van der Waals surface area contributed by atoms with Crippen LogP contribution in [0, 0.1) is 5.82 Å². The van der Waals surface area contributed by atoms with Gasteiger partial charge in [-0.05, 0) is 43.4 Å². The van der Waals surface area contributed by atoms with Crippen LogP contribution >= 0.6 is 0 Å². The monoisotopic (exact) mass is 292 g/mol. The lowest BCUT2D eigenvalue weighted by Gasteiger charge is -2.39. The van der Waals surface area contributed by atoms with E-state index in [1.54, 1.807) is 6.07 Å². The highest BCUT2D eigenvalue weighted by Gasteiger charge is 2.41. The Hall–Kier alpha value is -1.13. The molecule has 116 valence electrons. The molecule has 3 nitrogen and oxygen atoms in total. The minimum absolute atomic E-state index is 0.133. The first kappa shape index (κ1) is 14.8. The van der Waals surface area contributed by atoms with Gasteiger partial charge in [-0.15, -0.1) is 0 Å². The number of fused-ring (bicyclic) bond motifs is 2. The number of anilines is 1. The van der Waals surface area contributed by atoms with Gasteiger partial charge >= 0.3 is 0 Å². The molecule has 2 unspecified atom stereocenters. The van der Waals surface area contributed by atoms with Gasteiger partial charge in [0.15, 0.2) is 0 Å². The van der Waals surface area contributed by atoms with E-state index in [2.05, 4.69) is 24.1 Å². The fourth-order valence-corrected chi connectivity index (χ4v) is 3.73. The Morgan fingerprint density at radius 1 is 1.29 bits per heavy atom. The van der Waals surface area contributed by atoms with E-state index in [0.29, 0.717) is 30.4 Å². The van der Waals surface area contributed by atoms with E-state index in [4.69, 9.17) is 0 Å². The molecule has 0 saturated carbocycles. The van der Waals surface area contributed by atoms with Gasteiger partial charge in [-0.25, -0.2) is 4.39 Å². The van der Waals surface area contributed by atoms with Crippen molar-refractivity contribution in [1.29, 1.82) is 0 Å². The molecule has 0 radical (unpaired) electrons. The van der Waals surface area contributed by atoms with Gasteiger partial charge in [0.2, 0.25) is 0 Å². The molecule has 0 aromatic heterocycles. The molecule has 4 heteroatoms. The van der Waals surface area contributed by atoms with Crippen molar-refractivity contribution in [1.82, 2.24) is 5.32 Å². The molecule has 2 atom stereocenters. The number of piperidine rings is 1. The van der Waals surface area contributed by atoms with Crippen LogP contribution in [0.1, 0.15) is 45.1 Å². The zero-order chi connectivity index (χ0) is 15.0. The maximum atomic E-state index is 14.5. The van der Waals surface area contributed by atoms with E-state index >= 15 is 0 Å². The summed E-state index contributed by atoms with van der Waals surface area (Å²) < 4.78 is 14.5. The third kappa shape index (κ3) is 3.06. The summed E-state index contributed by atoms with van der Waals surface area (Å²) in [7, 11) is 0. The molecule has 2 N–H and O–H groups in total. The first-order valence-electron chi connectivity index (χ1n) is 8.03. The fourth-order valence-electron chi connectivity index (χ4n) is 3.73.